The van der Waals surface area contributed by atoms with Gasteiger partial charge in [0.15, 0.2) is 0 Å². The number of hydrogen-bond acceptors (Lipinski definition) is 6. The minimum absolute atomic E-state index is 0.0287. The number of amides is 1. The average molecular weight is 563 g/mol. The quantitative estimate of drug-likeness (QED) is 0.436. The van der Waals surface area contributed by atoms with E-state index >= 15 is 0 Å². The van der Waals surface area contributed by atoms with Crippen LogP contribution in [0.25, 0.3) is 0 Å². The Bertz CT molecular complexity index is 1240. The smallest absolute Gasteiger partial charge is 0.264 e. The maximum Gasteiger partial charge on any atom is 0.264 e. The maximum atomic E-state index is 13.0. The molecule has 9 heteroatoms. The normalized spacial score (nSPS) is 24.8. The highest BCUT2D eigenvalue weighted by molar-refractivity contribution is 7.99. The van der Waals surface area contributed by atoms with Crippen molar-refractivity contribution in [2.24, 2.45) is 5.92 Å². The van der Waals surface area contributed by atoms with Crippen molar-refractivity contribution in [1.82, 2.24) is 4.72 Å². The molecule has 2 bridgehead atoms. The number of benzene rings is 2. The first-order valence-electron chi connectivity index (χ1n) is 13.3. The molecule has 1 fully saturated rings. The van der Waals surface area contributed by atoms with Crippen LogP contribution in [-0.2, 0) is 23.1 Å². The number of rotatable bonds is 0. The number of nitrogens with one attached hydrogen (secondary N) is 1. The Labute approximate surface area is 229 Å². The van der Waals surface area contributed by atoms with E-state index in [1.165, 1.54) is 18.4 Å². The van der Waals surface area contributed by atoms with Crippen LogP contribution < -0.4 is 14.4 Å². The number of halogens is 1. The molecule has 1 aliphatic carbocycles. The van der Waals surface area contributed by atoms with Gasteiger partial charge in [-0.25, -0.2) is 13.1 Å². The van der Waals surface area contributed by atoms with Crippen LogP contribution in [0.5, 0.6) is 5.75 Å². The summed E-state index contributed by atoms with van der Waals surface area (Å²) in [5.41, 5.74) is 3.53. The number of hydrogen-bond donors (Lipinski definition) is 1. The third-order valence-corrected chi connectivity index (χ3v) is 10.8. The SMILES string of the molecule is O=C1NS(=O)(=O)CCCCCS[C@H]2CC[C@H]2CN2CCCCc3cc(Cl)ccc3COc3ccc1cc32. The summed E-state index contributed by atoms with van der Waals surface area (Å²) in [5, 5.41) is 1.37. The Kier molecular flexibility index (Phi) is 8.57. The summed E-state index contributed by atoms with van der Waals surface area (Å²) >= 11 is 8.33. The number of ether oxygens (including phenoxy) is 1. The molecule has 1 saturated carbocycles. The highest BCUT2D eigenvalue weighted by atomic mass is 35.5. The highest BCUT2D eigenvalue weighted by Gasteiger charge is 2.33. The molecule has 5 rings (SSSR count). The first kappa shape index (κ1) is 26.7. The van der Waals surface area contributed by atoms with E-state index in [0.29, 0.717) is 35.5 Å². The Morgan fingerprint density at radius 1 is 1.00 bits per heavy atom. The number of thioether (sulfide) groups is 1. The van der Waals surface area contributed by atoms with Gasteiger partial charge in [-0.15, -0.1) is 0 Å². The molecule has 2 atom stereocenters. The van der Waals surface area contributed by atoms with Crippen molar-refractivity contribution in [3.05, 3.63) is 58.1 Å². The molecule has 1 N–H and O–H groups in total. The van der Waals surface area contributed by atoms with Crippen molar-refractivity contribution in [1.29, 1.82) is 0 Å². The van der Waals surface area contributed by atoms with Crippen molar-refractivity contribution in [2.45, 2.75) is 63.2 Å². The fourth-order valence-corrected chi connectivity index (χ4v) is 8.14. The van der Waals surface area contributed by atoms with Gasteiger partial charge in [0.25, 0.3) is 5.91 Å². The predicted molar refractivity (Wildman–Crippen MR) is 151 cm³/mol. The molecule has 2 heterocycles. The number of carbonyl (C=O) groups excluding carboxylic acids is 1. The van der Waals surface area contributed by atoms with Gasteiger partial charge in [0.05, 0.1) is 11.4 Å². The van der Waals surface area contributed by atoms with E-state index in [4.69, 9.17) is 16.3 Å². The van der Waals surface area contributed by atoms with Crippen molar-refractivity contribution in [3.63, 3.8) is 0 Å². The summed E-state index contributed by atoms with van der Waals surface area (Å²) in [4.78, 5) is 15.4. The van der Waals surface area contributed by atoms with Crippen LogP contribution in [0.2, 0.25) is 5.02 Å². The zero-order valence-corrected chi connectivity index (χ0v) is 23.5. The molecule has 0 radical (unpaired) electrons. The van der Waals surface area contributed by atoms with Gasteiger partial charge in [0.2, 0.25) is 10.0 Å². The van der Waals surface area contributed by atoms with Gasteiger partial charge in [-0.1, -0.05) is 24.1 Å². The molecule has 2 aromatic rings. The largest absolute Gasteiger partial charge is 0.487 e. The molecule has 3 aliphatic rings. The van der Waals surface area contributed by atoms with Crippen LogP contribution in [-0.4, -0.2) is 44.2 Å². The van der Waals surface area contributed by atoms with Crippen molar-refractivity contribution < 1.29 is 17.9 Å². The van der Waals surface area contributed by atoms with Crippen LogP contribution in [0, 0.1) is 5.92 Å². The van der Waals surface area contributed by atoms with Crippen molar-refractivity contribution in [3.8, 4) is 5.75 Å². The number of nitrogens with zero attached hydrogens (tertiary/aromatic N) is 1. The third-order valence-electron chi connectivity index (χ3n) is 7.68. The van der Waals surface area contributed by atoms with Gasteiger partial charge < -0.3 is 9.64 Å². The van der Waals surface area contributed by atoms with Crippen LogP contribution in [0.4, 0.5) is 5.69 Å². The lowest BCUT2D eigenvalue weighted by atomic mass is 9.84. The molecular weight excluding hydrogens is 528 g/mol. The van der Waals surface area contributed by atoms with Gasteiger partial charge in [0.1, 0.15) is 12.4 Å². The molecule has 1 amide bonds. The van der Waals surface area contributed by atoms with Crippen molar-refractivity contribution in [2.75, 3.05) is 29.5 Å². The van der Waals surface area contributed by atoms with E-state index in [1.54, 1.807) is 6.07 Å². The lowest BCUT2D eigenvalue weighted by Gasteiger charge is -2.41. The molecule has 6 nitrogen and oxygen atoms in total. The van der Waals surface area contributed by atoms with E-state index in [2.05, 4.69) is 9.62 Å². The lowest BCUT2D eigenvalue weighted by Crippen LogP contribution is -2.41. The predicted octanol–water partition coefficient (Wildman–Crippen LogP) is 5.82. The second kappa shape index (κ2) is 11.9. The summed E-state index contributed by atoms with van der Waals surface area (Å²) in [6.07, 6.45) is 7.85. The van der Waals surface area contributed by atoms with Gasteiger partial charge in [-0.3, -0.25) is 4.79 Å². The third kappa shape index (κ3) is 6.76. The first-order valence-corrected chi connectivity index (χ1v) is 16.4. The van der Waals surface area contributed by atoms with Gasteiger partial charge in [-0.2, -0.15) is 11.8 Å². The summed E-state index contributed by atoms with van der Waals surface area (Å²) < 4.78 is 33.8. The fraction of sp³-hybridized carbons (Fsp3) is 0.536. The summed E-state index contributed by atoms with van der Waals surface area (Å²) in [5.74, 6) is 1.76. The number of aryl methyl sites for hydroxylation is 1. The monoisotopic (exact) mass is 562 g/mol. The second-order valence-corrected chi connectivity index (χ2v) is 14.0. The van der Waals surface area contributed by atoms with Gasteiger partial charge in [-0.05, 0) is 98.1 Å². The van der Waals surface area contributed by atoms with E-state index < -0.39 is 15.9 Å². The average Bonchev–Trinajstić information content (AvgIpc) is 2.88. The molecule has 2 aromatic carbocycles. The number of anilines is 1. The summed E-state index contributed by atoms with van der Waals surface area (Å²) in [6, 6.07) is 11.2. The molecule has 0 unspecified atom stereocenters. The lowest BCUT2D eigenvalue weighted by molar-refractivity contribution is 0.0981. The summed E-state index contributed by atoms with van der Waals surface area (Å²) in [7, 11) is -3.68. The summed E-state index contributed by atoms with van der Waals surface area (Å²) in [6.45, 7) is 2.18. The number of fused-ring (bicyclic) bond motifs is 3. The van der Waals surface area contributed by atoms with Gasteiger partial charge in [0, 0.05) is 28.9 Å². The number of carbonyl (C=O) groups is 1. The minimum atomic E-state index is -3.68. The Morgan fingerprint density at radius 3 is 2.73 bits per heavy atom. The molecule has 0 aromatic heterocycles. The van der Waals surface area contributed by atoms with Crippen LogP contribution in [0.15, 0.2) is 36.4 Å². The first-order chi connectivity index (χ1) is 17.9. The highest BCUT2D eigenvalue weighted by Crippen LogP contribution is 2.41. The second-order valence-electron chi connectivity index (χ2n) is 10.3. The topological polar surface area (TPSA) is 75.7 Å². The van der Waals surface area contributed by atoms with Gasteiger partial charge >= 0.3 is 0 Å². The number of sulfonamides is 1. The molecule has 37 heavy (non-hydrogen) atoms. The van der Waals surface area contributed by atoms with E-state index in [-0.39, 0.29) is 5.75 Å². The van der Waals surface area contributed by atoms with Crippen LogP contribution >= 0.6 is 23.4 Å². The Morgan fingerprint density at radius 2 is 1.89 bits per heavy atom. The standard InChI is InChI=1S/C28H35ClN2O4S2/c29-24-10-7-23-19-35-26-11-8-21-17-25(26)31(13-3-2-6-20(23)16-24)18-22-9-12-27(22)36-14-4-1-5-15-37(33,34)30-28(21)32/h7-8,10-11,16-17,22,27H,1-6,9,12-15,18-19H2,(H,30,32)/t22-,27-/m0/s1. The zero-order valence-electron chi connectivity index (χ0n) is 21.1. The molecule has 2 aliphatic heterocycles. The molecule has 0 spiro atoms. The molecule has 0 saturated heterocycles. The van der Waals surface area contributed by atoms with Crippen LogP contribution in [0.3, 0.4) is 0 Å². The maximum absolute atomic E-state index is 13.0. The van der Waals surface area contributed by atoms with E-state index in [0.717, 1.165) is 67.2 Å². The van der Waals surface area contributed by atoms with Crippen molar-refractivity contribution >= 4 is 45.0 Å². The van der Waals surface area contributed by atoms with Crippen LogP contribution in [0.1, 0.15) is 66.4 Å². The van der Waals surface area contributed by atoms with E-state index in [1.807, 2.05) is 42.1 Å². The Balaban J connectivity index is 1.49. The zero-order chi connectivity index (χ0) is 25.8. The molecular formula is C28H35ClN2O4S2. The molecule has 200 valence electrons. The Hall–Kier alpha value is -1.90. The van der Waals surface area contributed by atoms with E-state index in [9.17, 15) is 13.2 Å². The minimum Gasteiger partial charge on any atom is -0.487 e. The fourth-order valence-electron chi connectivity index (χ4n) is 5.39.